The Morgan fingerprint density at radius 2 is 1.71 bits per heavy atom. The number of hydrogen-bond acceptors (Lipinski definition) is 3. The molecule has 0 saturated heterocycles. The maximum absolute atomic E-state index is 12.7. The number of benzene rings is 1. The van der Waals surface area contributed by atoms with Gasteiger partial charge in [-0.25, -0.2) is 4.98 Å². The summed E-state index contributed by atoms with van der Waals surface area (Å²) in [5.74, 6) is -0.130. The van der Waals surface area contributed by atoms with E-state index >= 15 is 0 Å². The van der Waals surface area contributed by atoms with Crippen LogP contribution in [0.25, 0.3) is 5.65 Å². The number of carbonyl (C=O) groups is 1. The molecule has 0 aliphatic rings. The number of fused-ring (bicyclic) bond motifs is 1. The van der Waals surface area contributed by atoms with Crippen LogP contribution in [0.4, 0.5) is 5.69 Å². The van der Waals surface area contributed by atoms with Crippen molar-refractivity contribution in [1.29, 1.82) is 0 Å². The van der Waals surface area contributed by atoms with Crippen LogP contribution in [0.2, 0.25) is 0 Å². The highest BCUT2D eigenvalue weighted by atomic mass is 16.1. The Morgan fingerprint density at radius 3 is 2.43 bits per heavy atom. The van der Waals surface area contributed by atoms with E-state index in [1.807, 2.05) is 66.1 Å². The summed E-state index contributed by atoms with van der Waals surface area (Å²) >= 11 is 0. The SMILES string of the molecule is CCc1nc2ccc(C(=O)Nc3ccc(Cc4ccncc4)cc3)cn2c1C. The summed E-state index contributed by atoms with van der Waals surface area (Å²) in [5, 5.41) is 2.97. The van der Waals surface area contributed by atoms with Crippen LogP contribution in [0.1, 0.15) is 39.8 Å². The van der Waals surface area contributed by atoms with Crippen LogP contribution in [0.5, 0.6) is 0 Å². The predicted octanol–water partition coefficient (Wildman–Crippen LogP) is 4.44. The molecule has 0 saturated carbocycles. The highest BCUT2D eigenvalue weighted by Gasteiger charge is 2.11. The Balaban J connectivity index is 1.48. The van der Waals surface area contributed by atoms with E-state index in [4.69, 9.17) is 0 Å². The van der Waals surface area contributed by atoms with Crippen molar-refractivity contribution in [3.63, 3.8) is 0 Å². The Bertz CT molecular complexity index is 1110. The first-order chi connectivity index (χ1) is 13.6. The molecule has 5 heteroatoms. The molecule has 0 unspecified atom stereocenters. The molecule has 0 atom stereocenters. The number of amides is 1. The lowest BCUT2D eigenvalue weighted by atomic mass is 10.1. The summed E-state index contributed by atoms with van der Waals surface area (Å²) < 4.78 is 1.98. The standard InChI is InChI=1S/C23H22N4O/c1-3-21-16(2)27-15-19(6-9-22(27)26-21)23(28)25-20-7-4-17(5-8-20)14-18-10-12-24-13-11-18/h4-13,15H,3,14H2,1-2H3,(H,25,28). The second kappa shape index (κ2) is 7.64. The van der Waals surface area contributed by atoms with Crippen molar-refractivity contribution in [2.75, 3.05) is 5.32 Å². The zero-order chi connectivity index (χ0) is 19.5. The zero-order valence-corrected chi connectivity index (χ0v) is 16.0. The molecule has 140 valence electrons. The van der Waals surface area contributed by atoms with Crippen molar-refractivity contribution in [1.82, 2.24) is 14.4 Å². The van der Waals surface area contributed by atoms with Gasteiger partial charge in [0.2, 0.25) is 0 Å². The summed E-state index contributed by atoms with van der Waals surface area (Å²) in [7, 11) is 0. The molecule has 1 aromatic carbocycles. The van der Waals surface area contributed by atoms with E-state index in [0.717, 1.165) is 35.6 Å². The fourth-order valence-electron chi connectivity index (χ4n) is 3.33. The predicted molar refractivity (Wildman–Crippen MR) is 111 cm³/mol. The second-order valence-corrected chi connectivity index (χ2v) is 6.83. The molecule has 0 fully saturated rings. The minimum Gasteiger partial charge on any atom is -0.322 e. The number of hydrogen-bond donors (Lipinski definition) is 1. The van der Waals surface area contributed by atoms with Crippen LogP contribution in [0, 0.1) is 6.92 Å². The van der Waals surface area contributed by atoms with Gasteiger partial charge in [0.15, 0.2) is 0 Å². The molecular formula is C23H22N4O. The highest BCUT2D eigenvalue weighted by molar-refractivity contribution is 6.04. The largest absolute Gasteiger partial charge is 0.322 e. The molecule has 1 amide bonds. The van der Waals surface area contributed by atoms with E-state index in [0.29, 0.717) is 5.56 Å². The van der Waals surface area contributed by atoms with Gasteiger partial charge < -0.3 is 9.72 Å². The summed E-state index contributed by atoms with van der Waals surface area (Å²) in [6.07, 6.45) is 7.16. The highest BCUT2D eigenvalue weighted by Crippen LogP contribution is 2.17. The zero-order valence-electron chi connectivity index (χ0n) is 16.0. The summed E-state index contributed by atoms with van der Waals surface area (Å²) in [6.45, 7) is 4.11. The number of aryl methyl sites for hydroxylation is 2. The first-order valence-corrected chi connectivity index (χ1v) is 9.41. The third-order valence-electron chi connectivity index (χ3n) is 4.92. The molecule has 0 radical (unpaired) electrons. The number of pyridine rings is 2. The van der Waals surface area contributed by atoms with Crippen LogP contribution in [0.3, 0.4) is 0 Å². The summed E-state index contributed by atoms with van der Waals surface area (Å²) in [6, 6.07) is 15.7. The second-order valence-electron chi connectivity index (χ2n) is 6.83. The number of aromatic nitrogens is 3. The smallest absolute Gasteiger partial charge is 0.257 e. The first-order valence-electron chi connectivity index (χ1n) is 9.41. The van der Waals surface area contributed by atoms with Crippen molar-refractivity contribution in [2.24, 2.45) is 0 Å². The van der Waals surface area contributed by atoms with Crippen LogP contribution >= 0.6 is 0 Å². The van der Waals surface area contributed by atoms with E-state index in [9.17, 15) is 4.79 Å². The lowest BCUT2D eigenvalue weighted by Crippen LogP contribution is -2.12. The molecule has 0 aliphatic heterocycles. The molecule has 4 rings (SSSR count). The third kappa shape index (κ3) is 3.64. The van der Waals surface area contributed by atoms with Crippen LogP contribution in [0.15, 0.2) is 67.1 Å². The van der Waals surface area contributed by atoms with Crippen molar-refractivity contribution >= 4 is 17.2 Å². The number of imidazole rings is 1. The molecular weight excluding hydrogens is 348 g/mol. The van der Waals surface area contributed by atoms with Gasteiger partial charge in [0, 0.05) is 30.0 Å². The van der Waals surface area contributed by atoms with E-state index in [2.05, 4.69) is 22.2 Å². The molecule has 5 nitrogen and oxygen atoms in total. The van der Waals surface area contributed by atoms with E-state index in [-0.39, 0.29) is 5.91 Å². The average Bonchev–Trinajstić information content (AvgIpc) is 3.05. The van der Waals surface area contributed by atoms with Gasteiger partial charge in [0.25, 0.3) is 5.91 Å². The number of anilines is 1. The van der Waals surface area contributed by atoms with Gasteiger partial charge in [-0.3, -0.25) is 9.78 Å². The van der Waals surface area contributed by atoms with Gasteiger partial charge >= 0.3 is 0 Å². The van der Waals surface area contributed by atoms with Crippen molar-refractivity contribution in [2.45, 2.75) is 26.7 Å². The lowest BCUT2D eigenvalue weighted by Gasteiger charge is -2.08. The third-order valence-corrected chi connectivity index (χ3v) is 4.92. The number of carbonyl (C=O) groups excluding carboxylic acids is 1. The molecule has 1 N–H and O–H groups in total. The molecule has 3 heterocycles. The van der Waals surface area contributed by atoms with Crippen molar-refractivity contribution < 1.29 is 4.79 Å². The molecule has 0 spiro atoms. The minimum atomic E-state index is -0.130. The quantitative estimate of drug-likeness (QED) is 0.565. The monoisotopic (exact) mass is 370 g/mol. The number of rotatable bonds is 5. The van der Waals surface area contributed by atoms with Gasteiger partial charge in [0.1, 0.15) is 5.65 Å². The lowest BCUT2D eigenvalue weighted by molar-refractivity contribution is 0.102. The molecule has 0 aliphatic carbocycles. The minimum absolute atomic E-state index is 0.130. The van der Waals surface area contributed by atoms with Gasteiger partial charge in [-0.1, -0.05) is 19.1 Å². The average molecular weight is 370 g/mol. The maximum atomic E-state index is 12.7. The fourth-order valence-corrected chi connectivity index (χ4v) is 3.33. The normalized spacial score (nSPS) is 10.9. The van der Waals surface area contributed by atoms with Gasteiger partial charge in [-0.2, -0.15) is 0 Å². The Morgan fingerprint density at radius 1 is 1.00 bits per heavy atom. The topological polar surface area (TPSA) is 59.3 Å². The Labute approximate surface area is 164 Å². The summed E-state index contributed by atoms with van der Waals surface area (Å²) in [5.41, 5.74) is 6.78. The number of nitrogens with zero attached hydrogens (tertiary/aromatic N) is 3. The van der Waals surface area contributed by atoms with Gasteiger partial charge in [-0.05, 0) is 67.3 Å². The van der Waals surface area contributed by atoms with Crippen molar-refractivity contribution in [3.05, 3.63) is 95.2 Å². The van der Waals surface area contributed by atoms with E-state index in [1.165, 1.54) is 11.1 Å². The van der Waals surface area contributed by atoms with Gasteiger partial charge in [0.05, 0.1) is 11.3 Å². The molecule has 4 aromatic rings. The first kappa shape index (κ1) is 17.9. The van der Waals surface area contributed by atoms with Crippen molar-refractivity contribution in [3.8, 4) is 0 Å². The number of nitrogens with one attached hydrogen (secondary N) is 1. The van der Waals surface area contributed by atoms with Crippen LogP contribution < -0.4 is 5.32 Å². The molecule has 3 aromatic heterocycles. The van der Waals surface area contributed by atoms with Crippen LogP contribution in [-0.4, -0.2) is 20.3 Å². The Hall–Kier alpha value is -3.47. The van der Waals surface area contributed by atoms with E-state index < -0.39 is 0 Å². The molecule has 28 heavy (non-hydrogen) atoms. The summed E-state index contributed by atoms with van der Waals surface area (Å²) in [4.78, 5) is 21.3. The fraction of sp³-hybridized carbons (Fsp3) is 0.174. The van der Waals surface area contributed by atoms with Gasteiger partial charge in [-0.15, -0.1) is 0 Å². The maximum Gasteiger partial charge on any atom is 0.257 e. The molecule has 0 bridgehead atoms. The van der Waals surface area contributed by atoms with Crippen LogP contribution in [-0.2, 0) is 12.8 Å². The Kier molecular flexibility index (Phi) is 4.89. The van der Waals surface area contributed by atoms with E-state index in [1.54, 1.807) is 12.4 Å².